The van der Waals surface area contributed by atoms with E-state index in [0.717, 1.165) is 11.1 Å². The van der Waals surface area contributed by atoms with Gasteiger partial charge in [-0.3, -0.25) is 9.59 Å². The van der Waals surface area contributed by atoms with Gasteiger partial charge in [0.2, 0.25) is 5.95 Å². The Balaban J connectivity index is 1.47. The molecule has 4 N–H and O–H groups in total. The van der Waals surface area contributed by atoms with Gasteiger partial charge in [0.1, 0.15) is 5.75 Å². The monoisotopic (exact) mass is 584 g/mol. The predicted octanol–water partition coefficient (Wildman–Crippen LogP) is 4.72. The minimum atomic E-state index is -4.33. The van der Waals surface area contributed by atoms with Crippen molar-refractivity contribution in [2.75, 3.05) is 25.0 Å². The molecule has 42 heavy (non-hydrogen) atoms. The highest BCUT2D eigenvalue weighted by Gasteiger charge is 2.26. The summed E-state index contributed by atoms with van der Waals surface area (Å²) in [4.78, 5) is 29.2. The Morgan fingerprint density at radius 2 is 1.62 bits per heavy atom. The highest BCUT2D eigenvalue weighted by molar-refractivity contribution is 5.95. The number of nitrogens with one attached hydrogen (secondary N) is 3. The summed E-state index contributed by atoms with van der Waals surface area (Å²) in [5.74, 6) is -0.214. The number of ether oxygens (including phenoxy) is 1. The van der Waals surface area contributed by atoms with Crippen molar-refractivity contribution in [3.8, 4) is 16.9 Å². The average molecular weight is 585 g/mol. The molecule has 0 bridgehead atoms. The zero-order valence-electron chi connectivity index (χ0n) is 23.2. The Morgan fingerprint density at radius 1 is 0.952 bits per heavy atom. The van der Waals surface area contributed by atoms with Gasteiger partial charge in [0, 0.05) is 36.0 Å². The number of alkyl halides is 3. The maximum Gasteiger partial charge on any atom is 0.390 e. The van der Waals surface area contributed by atoms with Crippen molar-refractivity contribution in [3.63, 3.8) is 0 Å². The van der Waals surface area contributed by atoms with E-state index >= 15 is 0 Å². The number of nitrogens with zero attached hydrogens (tertiary/aromatic N) is 3. The number of pyridine rings is 1. The van der Waals surface area contributed by atoms with Crippen LogP contribution in [0.5, 0.6) is 5.75 Å². The van der Waals surface area contributed by atoms with Crippen LogP contribution in [0.3, 0.4) is 0 Å². The minimum absolute atomic E-state index is 0.0911. The van der Waals surface area contributed by atoms with Gasteiger partial charge >= 0.3 is 6.18 Å². The summed E-state index contributed by atoms with van der Waals surface area (Å²) in [7, 11) is 0. The quantitative estimate of drug-likeness (QED) is 0.201. The zero-order chi connectivity index (χ0) is 30.5. The van der Waals surface area contributed by atoms with Crippen molar-refractivity contribution < 1.29 is 32.6 Å². The number of anilines is 2. The maximum absolute atomic E-state index is 12.5. The molecule has 2 aromatic carbocycles. The van der Waals surface area contributed by atoms with Gasteiger partial charge in [-0.25, -0.2) is 4.52 Å². The van der Waals surface area contributed by atoms with Gasteiger partial charge in [-0.05, 0) is 68.8 Å². The summed E-state index contributed by atoms with van der Waals surface area (Å²) in [5, 5.41) is 22.4. The molecule has 2 aromatic heterocycles. The van der Waals surface area contributed by atoms with Crippen LogP contribution >= 0.6 is 0 Å². The molecule has 0 aliphatic carbocycles. The Bertz CT molecular complexity index is 1560. The lowest BCUT2D eigenvalue weighted by Gasteiger charge is -2.18. The number of amides is 2. The third-order valence-corrected chi connectivity index (χ3v) is 5.98. The van der Waals surface area contributed by atoms with Crippen LogP contribution in [0, 0.1) is 0 Å². The molecule has 2 amide bonds. The second-order valence-electron chi connectivity index (χ2n) is 10.1. The third kappa shape index (κ3) is 8.19. The SMILES string of the molecule is CCOc1cc(C(=O)NCC(C)(C)O)ccc1Nc1nc2ccc(-c3ccc(C(=O)NCCC(F)(F)F)cc3)cn2n1. The number of benzene rings is 2. The van der Waals surface area contributed by atoms with Gasteiger partial charge in [0.25, 0.3) is 11.8 Å². The number of rotatable bonds is 11. The molecule has 0 unspecified atom stereocenters. The van der Waals surface area contributed by atoms with Crippen LogP contribution in [-0.4, -0.2) is 63.0 Å². The van der Waals surface area contributed by atoms with E-state index in [9.17, 15) is 27.9 Å². The molecule has 4 aromatic rings. The molecule has 0 saturated carbocycles. The van der Waals surface area contributed by atoms with Gasteiger partial charge < -0.3 is 25.8 Å². The van der Waals surface area contributed by atoms with Crippen molar-refractivity contribution in [1.82, 2.24) is 25.2 Å². The summed E-state index contributed by atoms with van der Waals surface area (Å²) < 4.78 is 44.3. The first-order valence-corrected chi connectivity index (χ1v) is 13.2. The molecule has 0 radical (unpaired) electrons. The second kappa shape index (κ2) is 12.5. The van der Waals surface area contributed by atoms with E-state index in [2.05, 4.69) is 26.0 Å². The van der Waals surface area contributed by atoms with E-state index in [-0.39, 0.29) is 18.0 Å². The van der Waals surface area contributed by atoms with Crippen molar-refractivity contribution in [2.24, 2.45) is 0 Å². The molecule has 0 fully saturated rings. The fourth-order valence-corrected chi connectivity index (χ4v) is 3.90. The molecule has 0 saturated heterocycles. The highest BCUT2D eigenvalue weighted by Crippen LogP contribution is 2.29. The molecular formula is C29H31F3N6O4. The average Bonchev–Trinajstić information content (AvgIpc) is 3.33. The van der Waals surface area contributed by atoms with Crippen LogP contribution < -0.4 is 20.7 Å². The van der Waals surface area contributed by atoms with E-state index in [1.807, 2.05) is 13.0 Å². The molecule has 13 heteroatoms. The Kier molecular flexibility index (Phi) is 9.00. The van der Waals surface area contributed by atoms with Gasteiger partial charge in [-0.1, -0.05) is 12.1 Å². The summed E-state index contributed by atoms with van der Waals surface area (Å²) >= 11 is 0. The normalized spacial score (nSPS) is 11.8. The van der Waals surface area contributed by atoms with E-state index in [0.29, 0.717) is 35.2 Å². The molecule has 0 spiro atoms. The largest absolute Gasteiger partial charge is 0.492 e. The van der Waals surface area contributed by atoms with Crippen LogP contribution in [0.15, 0.2) is 60.8 Å². The fraction of sp³-hybridized carbons (Fsp3) is 0.310. The van der Waals surface area contributed by atoms with Crippen LogP contribution in [0.4, 0.5) is 24.8 Å². The first-order valence-electron chi connectivity index (χ1n) is 13.2. The molecule has 0 aliphatic heterocycles. The van der Waals surface area contributed by atoms with Gasteiger partial charge in [-0.2, -0.15) is 18.2 Å². The standard InChI is InChI=1S/C29H31F3N6O4/c1-4-42-23-15-20(26(40)34-17-28(2,3)41)9-11-22(23)35-27-36-24-12-10-21(16-38(24)37-27)18-5-7-19(8-6-18)25(39)33-14-13-29(30,31)32/h5-12,15-16,41H,4,13-14,17H2,1-3H3,(H,33,39)(H,34,40)(H,35,37). The molecule has 0 atom stereocenters. The van der Waals surface area contributed by atoms with Crippen molar-refractivity contribution in [3.05, 3.63) is 71.9 Å². The fourth-order valence-electron chi connectivity index (χ4n) is 3.90. The topological polar surface area (TPSA) is 130 Å². The first kappa shape index (κ1) is 30.3. The van der Waals surface area contributed by atoms with E-state index in [4.69, 9.17) is 4.74 Å². The lowest BCUT2D eigenvalue weighted by atomic mass is 10.1. The van der Waals surface area contributed by atoms with Crippen molar-refractivity contribution in [1.29, 1.82) is 0 Å². The molecule has 222 valence electrons. The number of carbonyl (C=O) groups excluding carboxylic acids is 2. The number of hydrogen-bond donors (Lipinski definition) is 4. The van der Waals surface area contributed by atoms with Gasteiger partial charge in [-0.15, -0.1) is 5.10 Å². The second-order valence-corrected chi connectivity index (χ2v) is 10.1. The van der Waals surface area contributed by atoms with Crippen molar-refractivity contribution in [2.45, 2.75) is 39.0 Å². The van der Waals surface area contributed by atoms with Crippen LogP contribution in [0.2, 0.25) is 0 Å². The number of aliphatic hydroxyl groups is 1. The van der Waals surface area contributed by atoms with Crippen molar-refractivity contribution >= 4 is 29.1 Å². The van der Waals surface area contributed by atoms with Crippen LogP contribution in [0.25, 0.3) is 16.8 Å². The molecular weight excluding hydrogens is 553 g/mol. The Hall–Kier alpha value is -4.65. The molecule has 4 rings (SSSR count). The molecule has 2 heterocycles. The predicted molar refractivity (Wildman–Crippen MR) is 151 cm³/mol. The Morgan fingerprint density at radius 3 is 2.29 bits per heavy atom. The Labute approximate surface area is 239 Å². The van der Waals surface area contributed by atoms with Gasteiger partial charge in [0.15, 0.2) is 5.65 Å². The summed E-state index contributed by atoms with van der Waals surface area (Å²) in [5.41, 5.74) is 2.23. The number of halogens is 3. The lowest BCUT2D eigenvalue weighted by Crippen LogP contribution is -2.38. The van der Waals surface area contributed by atoms with Crippen LogP contribution in [0.1, 0.15) is 47.9 Å². The number of aromatic nitrogens is 3. The summed E-state index contributed by atoms with van der Waals surface area (Å²) in [6, 6.07) is 15.0. The van der Waals surface area contributed by atoms with E-state index in [1.54, 1.807) is 73.1 Å². The van der Waals surface area contributed by atoms with Gasteiger partial charge in [0.05, 0.1) is 24.3 Å². The van der Waals surface area contributed by atoms with Crippen LogP contribution in [-0.2, 0) is 0 Å². The maximum atomic E-state index is 12.5. The first-order chi connectivity index (χ1) is 19.8. The third-order valence-electron chi connectivity index (χ3n) is 5.98. The minimum Gasteiger partial charge on any atom is -0.492 e. The smallest absolute Gasteiger partial charge is 0.390 e. The zero-order valence-corrected chi connectivity index (χ0v) is 23.2. The number of hydrogen-bond acceptors (Lipinski definition) is 7. The number of carbonyl (C=O) groups is 2. The van der Waals surface area contributed by atoms with E-state index < -0.39 is 30.7 Å². The lowest BCUT2D eigenvalue weighted by molar-refractivity contribution is -0.133. The summed E-state index contributed by atoms with van der Waals surface area (Å²) in [6.07, 6.45) is -3.67. The highest BCUT2D eigenvalue weighted by atomic mass is 19.4. The summed E-state index contributed by atoms with van der Waals surface area (Å²) in [6.45, 7) is 4.98. The molecule has 0 aliphatic rings. The number of fused-ring (bicyclic) bond motifs is 1. The molecule has 10 nitrogen and oxygen atoms in total. The van der Waals surface area contributed by atoms with E-state index in [1.165, 1.54) is 0 Å².